The molecule has 2 aromatic carbocycles. The van der Waals surface area contributed by atoms with Gasteiger partial charge in [0.2, 0.25) is 5.82 Å². The van der Waals surface area contributed by atoms with Gasteiger partial charge in [-0.05, 0) is 35.2 Å². The van der Waals surface area contributed by atoms with Crippen LogP contribution in [0, 0.1) is 0 Å². The number of benzene rings is 2. The van der Waals surface area contributed by atoms with Crippen LogP contribution in [0.5, 0.6) is 5.75 Å². The molecule has 7 nitrogen and oxygen atoms in total. The number of carbonyl (C=O) groups excluding carboxylic acids is 1. The molecule has 1 aromatic heterocycles. The van der Waals surface area contributed by atoms with E-state index >= 15 is 0 Å². The van der Waals surface area contributed by atoms with Crippen LogP contribution in [0.15, 0.2) is 54.9 Å². The maximum absolute atomic E-state index is 12.8. The van der Waals surface area contributed by atoms with Gasteiger partial charge in [-0.3, -0.25) is 4.79 Å². The van der Waals surface area contributed by atoms with E-state index in [9.17, 15) is 9.90 Å². The van der Waals surface area contributed by atoms with Crippen molar-refractivity contribution in [1.82, 2.24) is 19.7 Å². The second kappa shape index (κ2) is 7.82. The molecule has 7 heteroatoms. The number of hydrogen-bond donors (Lipinski definition) is 1. The Balaban J connectivity index is 1.41. The SMILES string of the molecule is COc1ccc([C@@H](O)Cn2cnc(C(=O)N3CCc4ccccc4C3)n2)cc1. The molecule has 1 N–H and O–H groups in total. The van der Waals surface area contributed by atoms with Gasteiger partial charge in [0.15, 0.2) is 0 Å². The van der Waals surface area contributed by atoms with E-state index in [4.69, 9.17) is 4.74 Å². The standard InChI is InChI=1S/C21H22N4O3/c1-28-18-8-6-16(7-9-18)19(26)13-25-14-22-20(23-25)21(27)24-11-10-15-4-2-3-5-17(15)12-24/h2-9,14,19,26H,10-13H2,1H3/t19-/m0/s1. The van der Waals surface area contributed by atoms with Crippen molar-refractivity contribution in [2.45, 2.75) is 25.6 Å². The summed E-state index contributed by atoms with van der Waals surface area (Å²) in [5, 5.41) is 14.7. The summed E-state index contributed by atoms with van der Waals surface area (Å²) in [5.41, 5.74) is 3.20. The first kappa shape index (κ1) is 18.2. The minimum Gasteiger partial charge on any atom is -0.497 e. The molecular weight excluding hydrogens is 356 g/mol. The number of nitrogens with zero attached hydrogens (tertiary/aromatic N) is 4. The van der Waals surface area contributed by atoms with E-state index in [1.165, 1.54) is 16.6 Å². The third kappa shape index (κ3) is 3.75. The Labute approximate surface area is 163 Å². The van der Waals surface area contributed by atoms with Crippen molar-refractivity contribution in [3.05, 3.63) is 77.4 Å². The molecule has 144 valence electrons. The second-order valence-corrected chi connectivity index (χ2v) is 6.82. The molecule has 1 aliphatic heterocycles. The van der Waals surface area contributed by atoms with E-state index < -0.39 is 6.10 Å². The normalized spacial score (nSPS) is 14.4. The number of rotatable bonds is 5. The minimum atomic E-state index is -0.752. The summed E-state index contributed by atoms with van der Waals surface area (Å²) in [6.07, 6.45) is 1.56. The second-order valence-electron chi connectivity index (χ2n) is 6.82. The van der Waals surface area contributed by atoms with Crippen LogP contribution in [-0.2, 0) is 19.5 Å². The largest absolute Gasteiger partial charge is 0.497 e. The summed E-state index contributed by atoms with van der Waals surface area (Å²) in [6, 6.07) is 15.4. The molecule has 4 rings (SSSR count). The van der Waals surface area contributed by atoms with E-state index in [1.54, 1.807) is 36.3 Å². The lowest BCUT2D eigenvalue weighted by Crippen LogP contribution is -2.36. The quantitative estimate of drug-likeness (QED) is 0.736. The van der Waals surface area contributed by atoms with Gasteiger partial charge in [-0.15, -0.1) is 5.10 Å². The fourth-order valence-corrected chi connectivity index (χ4v) is 3.40. The molecule has 0 aliphatic carbocycles. The van der Waals surface area contributed by atoms with Crippen LogP contribution in [0.1, 0.15) is 33.4 Å². The number of fused-ring (bicyclic) bond motifs is 1. The van der Waals surface area contributed by atoms with Crippen LogP contribution >= 0.6 is 0 Å². The third-order valence-corrected chi connectivity index (χ3v) is 5.01. The highest BCUT2D eigenvalue weighted by Gasteiger charge is 2.24. The van der Waals surface area contributed by atoms with Crippen molar-refractivity contribution < 1.29 is 14.6 Å². The summed E-state index contributed by atoms with van der Waals surface area (Å²) in [5.74, 6) is 0.696. The fourth-order valence-electron chi connectivity index (χ4n) is 3.40. The summed E-state index contributed by atoms with van der Waals surface area (Å²) in [4.78, 5) is 18.7. The number of aliphatic hydroxyl groups excluding tert-OH is 1. The molecule has 3 aromatic rings. The maximum Gasteiger partial charge on any atom is 0.293 e. The number of carbonyl (C=O) groups is 1. The lowest BCUT2D eigenvalue weighted by atomic mass is 10.00. The Morgan fingerprint density at radius 1 is 1.18 bits per heavy atom. The molecule has 0 fully saturated rings. The highest BCUT2D eigenvalue weighted by atomic mass is 16.5. The van der Waals surface area contributed by atoms with Gasteiger partial charge in [0.25, 0.3) is 5.91 Å². The van der Waals surface area contributed by atoms with Crippen molar-refractivity contribution in [1.29, 1.82) is 0 Å². The molecule has 0 saturated carbocycles. The highest BCUT2D eigenvalue weighted by Crippen LogP contribution is 2.21. The van der Waals surface area contributed by atoms with Gasteiger partial charge in [0.1, 0.15) is 12.1 Å². The third-order valence-electron chi connectivity index (χ3n) is 5.01. The average molecular weight is 378 g/mol. The number of methoxy groups -OCH3 is 1. The van der Waals surface area contributed by atoms with Gasteiger partial charge >= 0.3 is 0 Å². The van der Waals surface area contributed by atoms with Gasteiger partial charge in [-0.2, -0.15) is 0 Å². The first-order chi connectivity index (χ1) is 13.6. The van der Waals surface area contributed by atoms with Gasteiger partial charge in [-0.1, -0.05) is 36.4 Å². The van der Waals surface area contributed by atoms with Crippen LogP contribution < -0.4 is 4.74 Å². The molecule has 0 unspecified atom stereocenters. The minimum absolute atomic E-state index is 0.154. The Morgan fingerprint density at radius 3 is 2.68 bits per heavy atom. The molecular formula is C21H22N4O3. The summed E-state index contributed by atoms with van der Waals surface area (Å²) in [6.45, 7) is 1.44. The molecule has 0 spiro atoms. The van der Waals surface area contributed by atoms with Gasteiger partial charge < -0.3 is 14.7 Å². The summed E-state index contributed by atoms with van der Waals surface area (Å²) >= 11 is 0. The van der Waals surface area contributed by atoms with Crippen molar-refractivity contribution in [3.8, 4) is 5.75 Å². The first-order valence-electron chi connectivity index (χ1n) is 9.21. The Kier molecular flexibility index (Phi) is 5.08. The zero-order chi connectivity index (χ0) is 19.5. The lowest BCUT2D eigenvalue weighted by molar-refractivity contribution is 0.0720. The van der Waals surface area contributed by atoms with Gasteiger partial charge in [0, 0.05) is 13.1 Å². The van der Waals surface area contributed by atoms with E-state index in [-0.39, 0.29) is 18.3 Å². The smallest absolute Gasteiger partial charge is 0.293 e. The zero-order valence-corrected chi connectivity index (χ0v) is 15.7. The zero-order valence-electron chi connectivity index (χ0n) is 15.7. The Morgan fingerprint density at radius 2 is 1.93 bits per heavy atom. The van der Waals surface area contributed by atoms with Crippen molar-refractivity contribution in [2.75, 3.05) is 13.7 Å². The molecule has 1 aliphatic rings. The molecule has 0 saturated heterocycles. The van der Waals surface area contributed by atoms with Crippen LogP contribution in [-0.4, -0.2) is 44.3 Å². The molecule has 0 radical (unpaired) electrons. The van der Waals surface area contributed by atoms with E-state index in [1.807, 2.05) is 18.2 Å². The fraction of sp³-hybridized carbons (Fsp3) is 0.286. The van der Waals surface area contributed by atoms with Crippen molar-refractivity contribution in [3.63, 3.8) is 0 Å². The predicted molar refractivity (Wildman–Crippen MR) is 103 cm³/mol. The first-order valence-corrected chi connectivity index (χ1v) is 9.21. The molecule has 2 heterocycles. The van der Waals surface area contributed by atoms with Crippen molar-refractivity contribution >= 4 is 5.91 Å². The maximum atomic E-state index is 12.8. The summed E-state index contributed by atoms with van der Waals surface area (Å²) < 4.78 is 6.63. The van der Waals surface area contributed by atoms with Crippen molar-refractivity contribution in [2.24, 2.45) is 0 Å². The summed E-state index contributed by atoms with van der Waals surface area (Å²) in [7, 11) is 1.60. The lowest BCUT2D eigenvalue weighted by Gasteiger charge is -2.27. The number of ether oxygens (including phenoxy) is 1. The number of hydrogen-bond acceptors (Lipinski definition) is 5. The van der Waals surface area contributed by atoms with Gasteiger partial charge in [0.05, 0.1) is 19.8 Å². The highest BCUT2D eigenvalue weighted by molar-refractivity contribution is 5.90. The Hall–Kier alpha value is -3.19. The van der Waals surface area contributed by atoms with E-state index in [2.05, 4.69) is 16.1 Å². The van der Waals surface area contributed by atoms with Crippen LogP contribution in [0.25, 0.3) is 0 Å². The average Bonchev–Trinajstić information content (AvgIpc) is 3.21. The van der Waals surface area contributed by atoms with Gasteiger partial charge in [-0.25, -0.2) is 9.67 Å². The predicted octanol–water partition coefficient (Wildman–Crippen LogP) is 2.22. The van der Waals surface area contributed by atoms with Crippen LogP contribution in [0.2, 0.25) is 0 Å². The van der Waals surface area contributed by atoms with E-state index in [0.29, 0.717) is 13.1 Å². The Bertz CT molecular complexity index is 968. The number of amides is 1. The molecule has 1 atom stereocenters. The molecule has 0 bridgehead atoms. The van der Waals surface area contributed by atoms with Crippen LogP contribution in [0.4, 0.5) is 0 Å². The molecule has 1 amide bonds. The van der Waals surface area contributed by atoms with Crippen LogP contribution in [0.3, 0.4) is 0 Å². The topological polar surface area (TPSA) is 80.5 Å². The van der Waals surface area contributed by atoms with E-state index in [0.717, 1.165) is 23.3 Å². The monoisotopic (exact) mass is 378 g/mol. The number of aliphatic hydroxyl groups is 1. The molecule has 28 heavy (non-hydrogen) atoms. The number of aromatic nitrogens is 3.